The zero-order chi connectivity index (χ0) is 16.7. The van der Waals surface area contributed by atoms with Crippen LogP contribution in [0.5, 0.6) is 5.75 Å². The molecule has 0 unspecified atom stereocenters. The fraction of sp³-hybridized carbons (Fsp3) is 0.118. The van der Waals surface area contributed by atoms with Gasteiger partial charge in [-0.15, -0.1) is 0 Å². The van der Waals surface area contributed by atoms with Crippen molar-refractivity contribution in [2.75, 3.05) is 17.2 Å². The van der Waals surface area contributed by atoms with E-state index in [9.17, 15) is 9.59 Å². The Morgan fingerprint density at radius 3 is 1.87 bits per heavy atom. The van der Waals surface area contributed by atoms with Crippen molar-refractivity contribution in [2.45, 2.75) is 6.92 Å². The highest BCUT2D eigenvalue weighted by Gasteiger charge is 2.14. The molecule has 0 saturated heterocycles. The Kier molecular flexibility index (Phi) is 5.31. The average molecular weight is 309 g/mol. The minimum absolute atomic E-state index is 0.441. The van der Waals surface area contributed by atoms with E-state index in [0.717, 1.165) is 0 Å². The van der Waals surface area contributed by atoms with Gasteiger partial charge in [0.2, 0.25) is 0 Å². The van der Waals surface area contributed by atoms with Crippen molar-refractivity contribution in [2.24, 2.45) is 0 Å². The number of carbonyl (C=O) groups is 2. The van der Waals surface area contributed by atoms with Crippen LogP contribution in [0, 0.1) is 11.3 Å². The summed E-state index contributed by atoms with van der Waals surface area (Å²) in [6.07, 6.45) is 0. The summed E-state index contributed by atoms with van der Waals surface area (Å²) >= 11 is 0. The van der Waals surface area contributed by atoms with Crippen molar-refractivity contribution < 1.29 is 14.3 Å². The molecule has 0 aliphatic rings. The SMILES string of the molecule is CCOc1ccc(NC(=O)C(=O)Nc2ccc(C#N)cc2)cc1. The molecule has 2 amide bonds. The molecule has 2 aromatic rings. The fourth-order valence-corrected chi connectivity index (χ4v) is 1.80. The number of nitrogens with one attached hydrogen (secondary N) is 2. The molecule has 0 fully saturated rings. The number of amides is 2. The molecule has 0 atom stereocenters. The van der Waals surface area contributed by atoms with Crippen molar-refractivity contribution in [3.63, 3.8) is 0 Å². The summed E-state index contributed by atoms with van der Waals surface area (Å²) in [5, 5.41) is 13.7. The number of ether oxygens (including phenoxy) is 1. The van der Waals surface area contributed by atoms with Crippen LogP contribution < -0.4 is 15.4 Å². The first-order chi connectivity index (χ1) is 11.1. The van der Waals surface area contributed by atoms with Gasteiger partial charge in [-0.25, -0.2) is 0 Å². The maximum atomic E-state index is 11.8. The highest BCUT2D eigenvalue weighted by molar-refractivity contribution is 6.43. The summed E-state index contributed by atoms with van der Waals surface area (Å²) in [6, 6.07) is 14.9. The van der Waals surface area contributed by atoms with E-state index in [1.165, 1.54) is 0 Å². The topological polar surface area (TPSA) is 91.2 Å². The number of carbonyl (C=O) groups excluding carboxylic acids is 2. The van der Waals surface area contributed by atoms with Gasteiger partial charge in [-0.1, -0.05) is 0 Å². The molecule has 2 rings (SSSR count). The molecular formula is C17H15N3O3. The van der Waals surface area contributed by atoms with Crippen molar-refractivity contribution in [3.05, 3.63) is 54.1 Å². The molecule has 0 aliphatic heterocycles. The lowest BCUT2D eigenvalue weighted by molar-refractivity contribution is -0.132. The molecule has 0 bridgehead atoms. The Labute approximate surface area is 133 Å². The van der Waals surface area contributed by atoms with Crippen LogP contribution in [0.3, 0.4) is 0 Å². The Hall–Kier alpha value is -3.33. The summed E-state index contributed by atoms with van der Waals surface area (Å²) in [5.74, 6) is -0.880. The van der Waals surface area contributed by atoms with Crippen LogP contribution >= 0.6 is 0 Å². The Balaban J connectivity index is 1.94. The third kappa shape index (κ3) is 4.58. The molecule has 0 aromatic heterocycles. The van der Waals surface area contributed by atoms with E-state index < -0.39 is 11.8 Å². The smallest absolute Gasteiger partial charge is 0.314 e. The second-order valence-corrected chi connectivity index (χ2v) is 4.55. The van der Waals surface area contributed by atoms with Crippen LogP contribution in [-0.2, 0) is 9.59 Å². The van der Waals surface area contributed by atoms with Crippen LogP contribution in [0.1, 0.15) is 12.5 Å². The zero-order valence-electron chi connectivity index (χ0n) is 12.5. The number of rotatable bonds is 4. The number of hydrogen-bond acceptors (Lipinski definition) is 4. The third-order valence-corrected chi connectivity index (χ3v) is 2.90. The first-order valence-corrected chi connectivity index (χ1v) is 6.97. The lowest BCUT2D eigenvalue weighted by Gasteiger charge is -2.08. The van der Waals surface area contributed by atoms with Gasteiger partial charge in [0, 0.05) is 11.4 Å². The van der Waals surface area contributed by atoms with Crippen LogP contribution in [0.2, 0.25) is 0 Å². The minimum Gasteiger partial charge on any atom is -0.494 e. The second-order valence-electron chi connectivity index (χ2n) is 4.55. The molecule has 23 heavy (non-hydrogen) atoms. The molecule has 2 aromatic carbocycles. The maximum Gasteiger partial charge on any atom is 0.314 e. The molecule has 0 saturated carbocycles. The molecule has 116 valence electrons. The lowest BCUT2D eigenvalue weighted by atomic mass is 10.2. The molecule has 0 spiro atoms. The maximum absolute atomic E-state index is 11.8. The van der Waals surface area contributed by atoms with Gasteiger partial charge in [0.15, 0.2) is 0 Å². The minimum atomic E-state index is -0.788. The van der Waals surface area contributed by atoms with Gasteiger partial charge in [-0.2, -0.15) is 5.26 Å². The van der Waals surface area contributed by atoms with Crippen LogP contribution in [0.15, 0.2) is 48.5 Å². The fourth-order valence-electron chi connectivity index (χ4n) is 1.80. The normalized spacial score (nSPS) is 9.57. The van der Waals surface area contributed by atoms with E-state index >= 15 is 0 Å². The summed E-state index contributed by atoms with van der Waals surface area (Å²) in [5.41, 5.74) is 1.41. The number of benzene rings is 2. The summed E-state index contributed by atoms with van der Waals surface area (Å²) in [4.78, 5) is 23.7. The predicted octanol–water partition coefficient (Wildman–Crippen LogP) is 2.53. The van der Waals surface area contributed by atoms with E-state index in [0.29, 0.717) is 29.3 Å². The summed E-state index contributed by atoms with van der Waals surface area (Å²) < 4.78 is 5.30. The Morgan fingerprint density at radius 2 is 1.43 bits per heavy atom. The highest BCUT2D eigenvalue weighted by atomic mass is 16.5. The quantitative estimate of drug-likeness (QED) is 0.849. The van der Waals surface area contributed by atoms with Crippen molar-refractivity contribution in [1.29, 1.82) is 5.26 Å². The Morgan fingerprint density at radius 1 is 0.957 bits per heavy atom. The largest absolute Gasteiger partial charge is 0.494 e. The van der Waals surface area contributed by atoms with Gasteiger partial charge in [-0.3, -0.25) is 9.59 Å². The van der Waals surface area contributed by atoms with Gasteiger partial charge in [-0.05, 0) is 55.5 Å². The van der Waals surface area contributed by atoms with E-state index in [4.69, 9.17) is 10.00 Å². The van der Waals surface area contributed by atoms with Gasteiger partial charge in [0.1, 0.15) is 5.75 Å². The number of anilines is 2. The van der Waals surface area contributed by atoms with Crippen LogP contribution in [0.25, 0.3) is 0 Å². The predicted molar refractivity (Wildman–Crippen MR) is 86.0 cm³/mol. The van der Waals surface area contributed by atoms with Crippen molar-refractivity contribution in [3.8, 4) is 11.8 Å². The Bertz CT molecular complexity index is 731. The monoisotopic (exact) mass is 309 g/mol. The van der Waals surface area contributed by atoms with Gasteiger partial charge in [0.25, 0.3) is 0 Å². The van der Waals surface area contributed by atoms with E-state index in [-0.39, 0.29) is 0 Å². The first kappa shape index (κ1) is 16.0. The van der Waals surface area contributed by atoms with E-state index in [1.807, 2.05) is 13.0 Å². The molecule has 0 radical (unpaired) electrons. The third-order valence-electron chi connectivity index (χ3n) is 2.90. The van der Waals surface area contributed by atoms with Crippen molar-refractivity contribution in [1.82, 2.24) is 0 Å². The van der Waals surface area contributed by atoms with Gasteiger partial charge in [0.05, 0.1) is 18.2 Å². The van der Waals surface area contributed by atoms with Gasteiger partial charge < -0.3 is 15.4 Å². The summed E-state index contributed by atoms with van der Waals surface area (Å²) in [6.45, 7) is 2.43. The van der Waals surface area contributed by atoms with E-state index in [1.54, 1.807) is 48.5 Å². The highest BCUT2D eigenvalue weighted by Crippen LogP contribution is 2.15. The zero-order valence-corrected chi connectivity index (χ0v) is 12.5. The number of hydrogen-bond donors (Lipinski definition) is 2. The number of nitriles is 1. The molecule has 0 heterocycles. The van der Waals surface area contributed by atoms with E-state index in [2.05, 4.69) is 10.6 Å². The molecule has 6 heteroatoms. The molecular weight excluding hydrogens is 294 g/mol. The average Bonchev–Trinajstić information content (AvgIpc) is 2.57. The van der Waals surface area contributed by atoms with Gasteiger partial charge >= 0.3 is 11.8 Å². The molecule has 6 nitrogen and oxygen atoms in total. The molecule has 2 N–H and O–H groups in total. The summed E-state index contributed by atoms with van der Waals surface area (Å²) in [7, 11) is 0. The standard InChI is InChI=1S/C17H15N3O3/c1-2-23-15-9-7-14(8-10-15)20-17(22)16(21)19-13-5-3-12(11-18)4-6-13/h3-10H,2H2,1H3,(H,19,21)(H,20,22). The van der Waals surface area contributed by atoms with Crippen LogP contribution in [0.4, 0.5) is 11.4 Å². The first-order valence-electron chi connectivity index (χ1n) is 6.97. The molecule has 0 aliphatic carbocycles. The second kappa shape index (κ2) is 7.61. The van der Waals surface area contributed by atoms with Crippen molar-refractivity contribution >= 4 is 23.2 Å². The lowest BCUT2D eigenvalue weighted by Crippen LogP contribution is -2.29. The van der Waals surface area contributed by atoms with Crippen LogP contribution in [-0.4, -0.2) is 18.4 Å². The number of nitrogens with zero attached hydrogens (tertiary/aromatic N) is 1.